The van der Waals surface area contributed by atoms with Crippen LogP contribution in [0.3, 0.4) is 0 Å². The summed E-state index contributed by atoms with van der Waals surface area (Å²) in [5.41, 5.74) is -0.359. The van der Waals surface area contributed by atoms with E-state index < -0.39 is 0 Å². The highest BCUT2D eigenvalue weighted by atomic mass is 16.7. The smallest absolute Gasteiger partial charge is 0.158 e. The van der Waals surface area contributed by atoms with E-state index in [2.05, 4.69) is 5.32 Å². The summed E-state index contributed by atoms with van der Waals surface area (Å²) in [5.74, 6) is 0. The molecule has 0 radical (unpaired) electrons. The molecule has 76 valence electrons. The second kappa shape index (κ2) is 3.92. The topological polar surface area (TPSA) is 50.7 Å². The summed E-state index contributed by atoms with van der Waals surface area (Å²) >= 11 is 0. The summed E-state index contributed by atoms with van der Waals surface area (Å²) < 4.78 is 11.2. The molecule has 4 heteroatoms. The summed E-state index contributed by atoms with van der Waals surface area (Å²) in [4.78, 5) is 0. The summed E-state index contributed by atoms with van der Waals surface area (Å²) in [6, 6.07) is 0. The zero-order valence-corrected chi connectivity index (χ0v) is 7.79. The molecule has 2 heterocycles. The van der Waals surface area contributed by atoms with Gasteiger partial charge in [-0.1, -0.05) is 0 Å². The lowest BCUT2D eigenvalue weighted by atomic mass is 9.98. The molecular formula is C9H17NO3. The van der Waals surface area contributed by atoms with Crippen molar-refractivity contribution in [3.05, 3.63) is 0 Å². The maximum Gasteiger partial charge on any atom is 0.158 e. The Kier molecular flexibility index (Phi) is 2.83. The predicted octanol–water partition coefficient (Wildman–Crippen LogP) is -0.136. The van der Waals surface area contributed by atoms with Crippen LogP contribution < -0.4 is 5.32 Å². The summed E-state index contributed by atoms with van der Waals surface area (Å²) in [6.45, 7) is 2.35. The molecule has 0 aromatic rings. The Bertz CT molecular complexity index is 159. The van der Waals surface area contributed by atoms with Gasteiger partial charge in [-0.3, -0.25) is 0 Å². The Balaban J connectivity index is 1.81. The average Bonchev–Trinajstić information content (AvgIpc) is 2.13. The highest BCUT2D eigenvalue weighted by Crippen LogP contribution is 2.23. The van der Waals surface area contributed by atoms with Crippen LogP contribution in [0.25, 0.3) is 0 Å². The molecule has 2 fully saturated rings. The van der Waals surface area contributed by atoms with E-state index in [1.807, 2.05) is 0 Å². The van der Waals surface area contributed by atoms with Crippen LogP contribution in [0.5, 0.6) is 0 Å². The van der Waals surface area contributed by atoms with E-state index in [1.54, 1.807) is 0 Å². The third-order valence-electron chi connectivity index (χ3n) is 2.70. The van der Waals surface area contributed by atoms with Gasteiger partial charge in [0.05, 0.1) is 6.61 Å². The number of aliphatic hydroxyl groups is 1. The molecular weight excluding hydrogens is 170 g/mol. The maximum atomic E-state index is 9.15. The van der Waals surface area contributed by atoms with Gasteiger partial charge in [-0.2, -0.15) is 0 Å². The fourth-order valence-corrected chi connectivity index (χ4v) is 1.72. The second-order valence-electron chi connectivity index (χ2n) is 3.86. The molecule has 0 aliphatic carbocycles. The SMILES string of the molecule is OCC1(OC2CCCCO2)CNC1. The molecule has 2 aliphatic heterocycles. The van der Waals surface area contributed by atoms with Crippen molar-refractivity contribution in [1.29, 1.82) is 0 Å². The van der Waals surface area contributed by atoms with Crippen LogP contribution in [-0.2, 0) is 9.47 Å². The van der Waals surface area contributed by atoms with E-state index in [4.69, 9.17) is 14.6 Å². The van der Waals surface area contributed by atoms with Gasteiger partial charge in [-0.15, -0.1) is 0 Å². The minimum atomic E-state index is -0.359. The van der Waals surface area contributed by atoms with Crippen LogP contribution >= 0.6 is 0 Å². The first-order valence-electron chi connectivity index (χ1n) is 4.96. The fraction of sp³-hybridized carbons (Fsp3) is 1.00. The highest BCUT2D eigenvalue weighted by molar-refractivity contribution is 4.94. The van der Waals surface area contributed by atoms with Crippen LogP contribution in [0.15, 0.2) is 0 Å². The molecule has 0 bridgehead atoms. The molecule has 2 saturated heterocycles. The highest BCUT2D eigenvalue weighted by Gasteiger charge is 2.40. The molecule has 2 aliphatic rings. The predicted molar refractivity (Wildman–Crippen MR) is 47.4 cm³/mol. The van der Waals surface area contributed by atoms with E-state index in [1.165, 1.54) is 6.42 Å². The largest absolute Gasteiger partial charge is 0.393 e. The van der Waals surface area contributed by atoms with E-state index in [0.717, 1.165) is 32.5 Å². The third kappa shape index (κ3) is 2.02. The van der Waals surface area contributed by atoms with Crippen molar-refractivity contribution in [3.8, 4) is 0 Å². The van der Waals surface area contributed by atoms with Crippen molar-refractivity contribution in [3.63, 3.8) is 0 Å². The number of hydrogen-bond donors (Lipinski definition) is 2. The first-order chi connectivity index (χ1) is 6.35. The number of nitrogens with one attached hydrogen (secondary N) is 1. The van der Waals surface area contributed by atoms with Crippen LogP contribution in [-0.4, -0.2) is 43.3 Å². The molecule has 13 heavy (non-hydrogen) atoms. The Morgan fingerprint density at radius 1 is 1.46 bits per heavy atom. The third-order valence-corrected chi connectivity index (χ3v) is 2.70. The van der Waals surface area contributed by atoms with Gasteiger partial charge in [0.2, 0.25) is 0 Å². The Morgan fingerprint density at radius 3 is 2.77 bits per heavy atom. The van der Waals surface area contributed by atoms with Gasteiger partial charge in [0.15, 0.2) is 6.29 Å². The molecule has 0 saturated carbocycles. The lowest BCUT2D eigenvalue weighted by Gasteiger charge is -2.43. The Labute approximate surface area is 78.2 Å². The fourth-order valence-electron chi connectivity index (χ4n) is 1.72. The molecule has 0 spiro atoms. The van der Waals surface area contributed by atoms with Crippen molar-refractivity contribution in [2.24, 2.45) is 0 Å². The number of rotatable bonds is 3. The first-order valence-corrected chi connectivity index (χ1v) is 4.96. The second-order valence-corrected chi connectivity index (χ2v) is 3.86. The van der Waals surface area contributed by atoms with Crippen molar-refractivity contribution in [2.75, 3.05) is 26.3 Å². The van der Waals surface area contributed by atoms with E-state index in [-0.39, 0.29) is 18.5 Å². The normalized spacial score (nSPS) is 32.5. The van der Waals surface area contributed by atoms with Gasteiger partial charge < -0.3 is 19.9 Å². The zero-order chi connectivity index (χ0) is 9.15. The van der Waals surface area contributed by atoms with Gasteiger partial charge in [0.1, 0.15) is 5.60 Å². The molecule has 0 aromatic heterocycles. The van der Waals surface area contributed by atoms with Gasteiger partial charge in [-0.05, 0) is 19.3 Å². The first kappa shape index (κ1) is 9.40. The zero-order valence-electron chi connectivity index (χ0n) is 7.79. The van der Waals surface area contributed by atoms with Crippen LogP contribution in [0.1, 0.15) is 19.3 Å². The molecule has 0 aromatic carbocycles. The molecule has 0 amide bonds. The monoisotopic (exact) mass is 187 g/mol. The lowest BCUT2D eigenvalue weighted by Crippen LogP contribution is -2.64. The molecule has 1 atom stereocenters. The minimum Gasteiger partial charge on any atom is -0.393 e. The standard InChI is InChI=1S/C9H17NO3/c11-7-9(5-10-6-9)13-8-3-1-2-4-12-8/h8,10-11H,1-7H2. The summed E-state index contributed by atoms with van der Waals surface area (Å²) in [7, 11) is 0. The molecule has 4 nitrogen and oxygen atoms in total. The minimum absolute atomic E-state index is 0.0832. The van der Waals surface area contributed by atoms with Crippen LogP contribution in [0.2, 0.25) is 0 Å². The van der Waals surface area contributed by atoms with Crippen molar-refractivity contribution in [1.82, 2.24) is 5.32 Å². The summed E-state index contributed by atoms with van der Waals surface area (Å²) in [6.07, 6.45) is 3.16. The summed E-state index contributed by atoms with van der Waals surface area (Å²) in [5, 5.41) is 12.2. The van der Waals surface area contributed by atoms with Crippen LogP contribution in [0, 0.1) is 0 Å². The van der Waals surface area contributed by atoms with E-state index in [0.29, 0.717) is 0 Å². The number of aliphatic hydroxyl groups excluding tert-OH is 1. The van der Waals surface area contributed by atoms with Crippen molar-refractivity contribution < 1.29 is 14.6 Å². The molecule has 1 unspecified atom stereocenters. The number of ether oxygens (including phenoxy) is 2. The van der Waals surface area contributed by atoms with Gasteiger partial charge in [0, 0.05) is 19.7 Å². The van der Waals surface area contributed by atoms with Crippen LogP contribution in [0.4, 0.5) is 0 Å². The molecule has 2 rings (SSSR count). The van der Waals surface area contributed by atoms with Gasteiger partial charge in [0.25, 0.3) is 0 Å². The van der Waals surface area contributed by atoms with Gasteiger partial charge >= 0.3 is 0 Å². The Hall–Kier alpha value is -0.160. The van der Waals surface area contributed by atoms with Crippen molar-refractivity contribution >= 4 is 0 Å². The van der Waals surface area contributed by atoms with E-state index >= 15 is 0 Å². The quantitative estimate of drug-likeness (QED) is 0.646. The number of hydrogen-bond acceptors (Lipinski definition) is 4. The van der Waals surface area contributed by atoms with Crippen molar-refractivity contribution in [2.45, 2.75) is 31.2 Å². The van der Waals surface area contributed by atoms with E-state index in [9.17, 15) is 0 Å². The lowest BCUT2D eigenvalue weighted by molar-refractivity contribution is -0.246. The maximum absolute atomic E-state index is 9.15. The Morgan fingerprint density at radius 2 is 2.31 bits per heavy atom. The van der Waals surface area contributed by atoms with Gasteiger partial charge in [-0.25, -0.2) is 0 Å². The average molecular weight is 187 g/mol. The molecule has 2 N–H and O–H groups in total.